The van der Waals surface area contributed by atoms with E-state index in [1.807, 2.05) is 6.07 Å². The lowest BCUT2D eigenvalue weighted by Crippen LogP contribution is -2.30. The second-order valence-electron chi connectivity index (χ2n) is 4.75. The Bertz CT molecular complexity index is 395. The molecular weight excluding hydrogens is 218 g/mol. The second kappa shape index (κ2) is 4.92. The number of hydrogen-bond acceptors (Lipinski definition) is 4. The van der Waals surface area contributed by atoms with Crippen molar-refractivity contribution in [3.63, 3.8) is 0 Å². The van der Waals surface area contributed by atoms with E-state index in [1.165, 1.54) is 20.0 Å². The highest BCUT2D eigenvalue weighted by molar-refractivity contribution is 5.86. The molecule has 1 aliphatic rings. The molecule has 4 nitrogen and oxygen atoms in total. The predicted octanol–water partition coefficient (Wildman–Crippen LogP) is 2.30. The quantitative estimate of drug-likeness (QED) is 0.737. The zero-order valence-corrected chi connectivity index (χ0v) is 10.6. The summed E-state index contributed by atoms with van der Waals surface area (Å²) < 4.78 is 10.0. The number of rotatable bonds is 5. The lowest BCUT2D eigenvalue weighted by Gasteiger charge is -2.23. The standard InChI is InChI=1S/C13H19NO3/c1-9(10-4-5-10)14(2)8-11-6-7-12(17-11)13(15)16-3/h6-7,9-10H,4-5,8H2,1-3H3. The van der Waals surface area contributed by atoms with Crippen molar-refractivity contribution in [2.45, 2.75) is 32.4 Å². The molecule has 1 aliphatic carbocycles. The van der Waals surface area contributed by atoms with Crippen LogP contribution in [-0.2, 0) is 11.3 Å². The van der Waals surface area contributed by atoms with Gasteiger partial charge in [0.25, 0.3) is 0 Å². The van der Waals surface area contributed by atoms with Gasteiger partial charge in [0.05, 0.1) is 13.7 Å². The Balaban J connectivity index is 1.93. The summed E-state index contributed by atoms with van der Waals surface area (Å²) in [6.45, 7) is 2.97. The summed E-state index contributed by atoms with van der Waals surface area (Å²) in [5, 5.41) is 0. The fourth-order valence-electron chi connectivity index (χ4n) is 2.00. The Morgan fingerprint density at radius 3 is 2.88 bits per heavy atom. The molecule has 0 bridgehead atoms. The van der Waals surface area contributed by atoms with E-state index in [0.29, 0.717) is 6.04 Å². The van der Waals surface area contributed by atoms with Crippen LogP contribution < -0.4 is 0 Å². The van der Waals surface area contributed by atoms with Crippen molar-refractivity contribution in [3.05, 3.63) is 23.7 Å². The SMILES string of the molecule is COC(=O)c1ccc(CN(C)C(C)C2CC2)o1. The van der Waals surface area contributed by atoms with E-state index in [1.54, 1.807) is 6.07 Å². The van der Waals surface area contributed by atoms with Crippen LogP contribution >= 0.6 is 0 Å². The first-order chi connectivity index (χ1) is 8.11. The molecule has 0 saturated heterocycles. The maximum Gasteiger partial charge on any atom is 0.373 e. The molecule has 1 unspecified atom stereocenters. The predicted molar refractivity (Wildman–Crippen MR) is 63.7 cm³/mol. The fourth-order valence-corrected chi connectivity index (χ4v) is 2.00. The van der Waals surface area contributed by atoms with Crippen molar-refractivity contribution >= 4 is 5.97 Å². The van der Waals surface area contributed by atoms with Gasteiger partial charge in [-0.3, -0.25) is 4.90 Å². The van der Waals surface area contributed by atoms with Gasteiger partial charge in [0.15, 0.2) is 0 Å². The van der Waals surface area contributed by atoms with Gasteiger partial charge in [-0.1, -0.05) is 0 Å². The molecule has 0 N–H and O–H groups in total. The summed E-state index contributed by atoms with van der Waals surface area (Å²) in [5.41, 5.74) is 0. The van der Waals surface area contributed by atoms with Gasteiger partial charge in [-0.05, 0) is 44.9 Å². The zero-order valence-electron chi connectivity index (χ0n) is 10.6. The number of methoxy groups -OCH3 is 1. The average molecular weight is 237 g/mol. The zero-order chi connectivity index (χ0) is 12.4. The molecule has 4 heteroatoms. The number of furan rings is 1. The normalized spacial score (nSPS) is 17.2. The number of ether oxygens (including phenoxy) is 1. The van der Waals surface area contributed by atoms with Crippen LogP contribution in [0.3, 0.4) is 0 Å². The summed E-state index contributed by atoms with van der Waals surface area (Å²) in [4.78, 5) is 13.5. The molecule has 1 fully saturated rings. The molecular formula is C13H19NO3. The molecule has 0 spiro atoms. The van der Waals surface area contributed by atoms with Gasteiger partial charge in [0, 0.05) is 6.04 Å². The van der Waals surface area contributed by atoms with Crippen molar-refractivity contribution in [3.8, 4) is 0 Å². The van der Waals surface area contributed by atoms with Gasteiger partial charge in [-0.15, -0.1) is 0 Å². The topological polar surface area (TPSA) is 42.7 Å². The summed E-state index contributed by atoms with van der Waals surface area (Å²) >= 11 is 0. The molecule has 1 heterocycles. The van der Waals surface area contributed by atoms with Crippen LogP contribution in [0.2, 0.25) is 0 Å². The van der Waals surface area contributed by atoms with E-state index in [2.05, 4.69) is 23.6 Å². The first kappa shape index (κ1) is 12.2. The van der Waals surface area contributed by atoms with E-state index in [9.17, 15) is 4.79 Å². The number of hydrogen-bond donors (Lipinski definition) is 0. The van der Waals surface area contributed by atoms with E-state index in [4.69, 9.17) is 4.42 Å². The minimum absolute atomic E-state index is 0.273. The van der Waals surface area contributed by atoms with Crippen LogP contribution in [0, 0.1) is 5.92 Å². The average Bonchev–Trinajstić information content (AvgIpc) is 3.08. The van der Waals surface area contributed by atoms with Gasteiger partial charge >= 0.3 is 5.97 Å². The molecule has 17 heavy (non-hydrogen) atoms. The van der Waals surface area contributed by atoms with Crippen molar-refractivity contribution in [2.24, 2.45) is 5.92 Å². The lowest BCUT2D eigenvalue weighted by atomic mass is 10.2. The first-order valence-electron chi connectivity index (χ1n) is 5.99. The van der Waals surface area contributed by atoms with E-state index < -0.39 is 5.97 Å². The van der Waals surface area contributed by atoms with Crippen LogP contribution in [0.25, 0.3) is 0 Å². The Hall–Kier alpha value is -1.29. The van der Waals surface area contributed by atoms with E-state index >= 15 is 0 Å². The molecule has 94 valence electrons. The third kappa shape index (κ3) is 2.88. The molecule has 2 rings (SSSR count). The molecule has 0 amide bonds. The maximum absolute atomic E-state index is 11.2. The molecule has 0 radical (unpaired) electrons. The van der Waals surface area contributed by atoms with Crippen LogP contribution in [0.4, 0.5) is 0 Å². The summed E-state index contributed by atoms with van der Waals surface area (Å²) in [6.07, 6.45) is 2.66. The molecule has 0 aliphatic heterocycles. The monoisotopic (exact) mass is 237 g/mol. The molecule has 1 saturated carbocycles. The van der Waals surface area contributed by atoms with Gasteiger partial charge in [0.1, 0.15) is 5.76 Å². The van der Waals surface area contributed by atoms with Gasteiger partial charge in [0.2, 0.25) is 5.76 Å². The van der Waals surface area contributed by atoms with Crippen molar-refractivity contribution < 1.29 is 13.9 Å². The summed E-state index contributed by atoms with van der Waals surface area (Å²) in [7, 11) is 3.44. The Morgan fingerprint density at radius 2 is 2.29 bits per heavy atom. The summed E-state index contributed by atoms with van der Waals surface area (Å²) in [5.74, 6) is 1.49. The molecule has 1 aromatic heterocycles. The van der Waals surface area contributed by atoms with Crippen molar-refractivity contribution in [1.82, 2.24) is 4.90 Å². The third-order valence-electron chi connectivity index (χ3n) is 3.45. The number of carbonyl (C=O) groups is 1. The second-order valence-corrected chi connectivity index (χ2v) is 4.75. The smallest absolute Gasteiger partial charge is 0.373 e. The van der Waals surface area contributed by atoms with Crippen molar-refractivity contribution in [2.75, 3.05) is 14.2 Å². The molecule has 0 aromatic carbocycles. The first-order valence-corrected chi connectivity index (χ1v) is 5.99. The minimum Gasteiger partial charge on any atom is -0.463 e. The lowest BCUT2D eigenvalue weighted by molar-refractivity contribution is 0.0560. The third-order valence-corrected chi connectivity index (χ3v) is 3.45. The van der Waals surface area contributed by atoms with Gasteiger partial charge in [-0.2, -0.15) is 0 Å². The van der Waals surface area contributed by atoms with Crippen LogP contribution in [0.1, 0.15) is 36.1 Å². The summed E-state index contributed by atoms with van der Waals surface area (Å²) in [6, 6.07) is 4.07. The van der Waals surface area contributed by atoms with E-state index in [0.717, 1.165) is 18.2 Å². The van der Waals surface area contributed by atoms with E-state index in [-0.39, 0.29) is 5.76 Å². The molecule has 1 atom stereocenters. The highest BCUT2D eigenvalue weighted by Crippen LogP contribution is 2.35. The number of esters is 1. The Kier molecular flexibility index (Phi) is 3.52. The highest BCUT2D eigenvalue weighted by atomic mass is 16.5. The minimum atomic E-state index is -0.422. The highest BCUT2D eigenvalue weighted by Gasteiger charge is 2.30. The van der Waals surface area contributed by atoms with Crippen LogP contribution in [0.15, 0.2) is 16.5 Å². The van der Waals surface area contributed by atoms with Crippen LogP contribution in [0.5, 0.6) is 0 Å². The number of carbonyl (C=O) groups excluding carboxylic acids is 1. The Morgan fingerprint density at radius 1 is 1.59 bits per heavy atom. The van der Waals surface area contributed by atoms with Gasteiger partial charge < -0.3 is 9.15 Å². The number of nitrogens with zero attached hydrogens (tertiary/aromatic N) is 1. The maximum atomic E-state index is 11.2. The van der Waals surface area contributed by atoms with Crippen LogP contribution in [-0.4, -0.2) is 31.1 Å². The van der Waals surface area contributed by atoms with Gasteiger partial charge in [-0.25, -0.2) is 4.79 Å². The fraction of sp³-hybridized carbons (Fsp3) is 0.615. The Labute approximate surface area is 102 Å². The molecule has 1 aromatic rings. The largest absolute Gasteiger partial charge is 0.463 e. The van der Waals surface area contributed by atoms with Crippen molar-refractivity contribution in [1.29, 1.82) is 0 Å².